The maximum atomic E-state index is 12.3. The van der Waals surface area contributed by atoms with Gasteiger partial charge in [-0.1, -0.05) is 51.8 Å². The summed E-state index contributed by atoms with van der Waals surface area (Å²) in [6.07, 6.45) is 1.67. The molecule has 0 saturated carbocycles. The van der Waals surface area contributed by atoms with Crippen molar-refractivity contribution in [2.24, 2.45) is 4.99 Å². The van der Waals surface area contributed by atoms with E-state index in [1.54, 1.807) is 12.1 Å². The zero-order valence-corrected chi connectivity index (χ0v) is 19.9. The molecule has 1 aliphatic heterocycles. The molecule has 150 valence electrons. The number of hydrogen-bond donors (Lipinski definition) is 0. The van der Waals surface area contributed by atoms with Gasteiger partial charge in [-0.3, -0.25) is 0 Å². The molecule has 3 aromatic carbocycles. The second-order valence-electron chi connectivity index (χ2n) is 6.45. The van der Waals surface area contributed by atoms with Gasteiger partial charge >= 0.3 is 5.97 Å². The minimum atomic E-state index is -0.514. The van der Waals surface area contributed by atoms with Crippen molar-refractivity contribution in [2.45, 2.75) is 6.61 Å². The van der Waals surface area contributed by atoms with Gasteiger partial charge in [-0.05, 0) is 82.3 Å². The van der Waals surface area contributed by atoms with E-state index in [9.17, 15) is 4.79 Å². The predicted molar refractivity (Wildman–Crippen MR) is 130 cm³/mol. The number of nitrogens with zero attached hydrogens (tertiary/aromatic N) is 1. The fourth-order valence-corrected chi connectivity index (χ4v) is 3.97. The summed E-state index contributed by atoms with van der Waals surface area (Å²) in [4.78, 5) is 16.6. The number of carbonyl (C=O) groups excluding carboxylic acids is 1. The molecule has 3 aromatic rings. The first kappa shape index (κ1) is 21.1. The van der Waals surface area contributed by atoms with Crippen molar-refractivity contribution in [3.8, 4) is 5.75 Å². The predicted octanol–water partition coefficient (Wildman–Crippen LogP) is 6.63. The first-order chi connectivity index (χ1) is 14.5. The molecule has 0 saturated heterocycles. The molecule has 0 bridgehead atoms. The number of cyclic esters (lactones) is 1. The third-order valence-electron chi connectivity index (χ3n) is 4.24. The number of esters is 1. The lowest BCUT2D eigenvalue weighted by atomic mass is 10.2. The highest BCUT2D eigenvalue weighted by Crippen LogP contribution is 2.26. The fourth-order valence-electron chi connectivity index (χ4n) is 2.83. The number of aliphatic imine (C=N–C) groups is 1. The van der Waals surface area contributed by atoms with Crippen LogP contribution in [-0.2, 0) is 16.1 Å². The van der Waals surface area contributed by atoms with Crippen LogP contribution in [0.5, 0.6) is 5.75 Å². The van der Waals surface area contributed by atoms with Crippen LogP contribution in [-0.4, -0.2) is 11.9 Å². The zero-order chi connectivity index (χ0) is 21.1. The highest BCUT2D eigenvalue weighted by Gasteiger charge is 2.25. The standard InChI is InChI=1S/C23H14BrClINO3/c24-16-5-1-4-15(9-16)13-29-18-6-2-3-14(10-18)11-21-23(28)30-22(27-21)19-12-17(26)7-8-20(19)25/h1-12H,13H2/b21-11-. The zero-order valence-electron chi connectivity index (χ0n) is 15.4. The molecule has 30 heavy (non-hydrogen) atoms. The molecule has 1 heterocycles. The SMILES string of the molecule is O=C1OC(c2cc(I)ccc2Cl)=N/C1=C\c1cccc(OCc2cccc(Br)c2)c1. The van der Waals surface area contributed by atoms with E-state index in [1.807, 2.05) is 60.7 Å². The van der Waals surface area contributed by atoms with Crippen LogP contribution in [0.4, 0.5) is 0 Å². The van der Waals surface area contributed by atoms with E-state index in [0.29, 0.717) is 22.9 Å². The first-order valence-electron chi connectivity index (χ1n) is 8.93. The molecule has 0 unspecified atom stereocenters. The number of carbonyl (C=O) groups is 1. The molecule has 0 spiro atoms. The number of rotatable bonds is 5. The topological polar surface area (TPSA) is 47.9 Å². The molecule has 0 N–H and O–H groups in total. The van der Waals surface area contributed by atoms with Gasteiger partial charge in [0.1, 0.15) is 12.4 Å². The molecule has 0 atom stereocenters. The van der Waals surface area contributed by atoms with Crippen molar-refractivity contribution in [3.05, 3.63) is 102 Å². The Morgan fingerprint density at radius 1 is 1.10 bits per heavy atom. The number of ether oxygens (including phenoxy) is 2. The molecule has 0 aromatic heterocycles. The Kier molecular flexibility index (Phi) is 6.55. The van der Waals surface area contributed by atoms with Gasteiger partial charge in [-0.2, -0.15) is 0 Å². The van der Waals surface area contributed by atoms with Gasteiger partial charge in [0.2, 0.25) is 5.90 Å². The summed E-state index contributed by atoms with van der Waals surface area (Å²) >= 11 is 11.9. The lowest BCUT2D eigenvalue weighted by Crippen LogP contribution is -2.06. The third kappa shape index (κ3) is 5.11. The Labute approximate surface area is 200 Å². The largest absolute Gasteiger partial charge is 0.489 e. The Bertz CT molecular complexity index is 1190. The van der Waals surface area contributed by atoms with Crippen LogP contribution in [0.2, 0.25) is 5.02 Å². The molecule has 7 heteroatoms. The van der Waals surface area contributed by atoms with Crippen molar-refractivity contribution in [1.82, 2.24) is 0 Å². The van der Waals surface area contributed by atoms with E-state index >= 15 is 0 Å². The smallest absolute Gasteiger partial charge is 0.363 e. The normalized spacial score (nSPS) is 14.6. The molecular weight excluding hydrogens is 581 g/mol. The lowest BCUT2D eigenvalue weighted by molar-refractivity contribution is -0.129. The van der Waals surface area contributed by atoms with E-state index in [-0.39, 0.29) is 11.6 Å². The van der Waals surface area contributed by atoms with Gasteiger partial charge in [-0.25, -0.2) is 9.79 Å². The molecule has 4 rings (SSSR count). The van der Waals surface area contributed by atoms with Crippen LogP contribution in [0.1, 0.15) is 16.7 Å². The van der Waals surface area contributed by atoms with Crippen LogP contribution < -0.4 is 4.74 Å². The number of hydrogen-bond acceptors (Lipinski definition) is 4. The third-order valence-corrected chi connectivity index (χ3v) is 5.73. The minimum Gasteiger partial charge on any atom is -0.489 e. The van der Waals surface area contributed by atoms with E-state index in [4.69, 9.17) is 21.1 Å². The molecule has 0 fully saturated rings. The van der Waals surface area contributed by atoms with E-state index in [2.05, 4.69) is 43.5 Å². The summed E-state index contributed by atoms with van der Waals surface area (Å²) in [6.45, 7) is 0.439. The molecule has 0 radical (unpaired) electrons. The maximum Gasteiger partial charge on any atom is 0.363 e. The van der Waals surface area contributed by atoms with Gasteiger partial charge in [0.15, 0.2) is 5.70 Å². The van der Waals surface area contributed by atoms with Crippen molar-refractivity contribution in [2.75, 3.05) is 0 Å². The molecule has 1 aliphatic rings. The van der Waals surface area contributed by atoms with Gasteiger partial charge in [0, 0.05) is 8.04 Å². The van der Waals surface area contributed by atoms with E-state index in [0.717, 1.165) is 19.2 Å². The summed E-state index contributed by atoms with van der Waals surface area (Å²) in [6, 6.07) is 20.8. The van der Waals surface area contributed by atoms with Crippen LogP contribution >= 0.6 is 50.1 Å². The molecule has 4 nitrogen and oxygen atoms in total. The van der Waals surface area contributed by atoms with Crippen molar-refractivity contribution in [1.29, 1.82) is 0 Å². The van der Waals surface area contributed by atoms with Gasteiger partial charge in [-0.15, -0.1) is 0 Å². The Hall–Kier alpha value is -2.16. The second kappa shape index (κ2) is 9.32. The summed E-state index contributed by atoms with van der Waals surface area (Å²) in [7, 11) is 0. The van der Waals surface area contributed by atoms with Crippen LogP contribution in [0.3, 0.4) is 0 Å². The fraction of sp³-hybridized carbons (Fsp3) is 0.0435. The highest BCUT2D eigenvalue weighted by atomic mass is 127. The van der Waals surface area contributed by atoms with Crippen LogP contribution in [0, 0.1) is 3.57 Å². The summed E-state index contributed by atoms with van der Waals surface area (Å²) < 4.78 is 13.2. The summed E-state index contributed by atoms with van der Waals surface area (Å²) in [5.74, 6) is 0.387. The Morgan fingerprint density at radius 3 is 2.77 bits per heavy atom. The second-order valence-corrected chi connectivity index (χ2v) is 9.02. The van der Waals surface area contributed by atoms with Crippen molar-refractivity contribution in [3.63, 3.8) is 0 Å². The Morgan fingerprint density at radius 2 is 1.93 bits per heavy atom. The summed E-state index contributed by atoms with van der Waals surface area (Å²) in [5.41, 5.74) is 2.64. The number of halogens is 3. The van der Waals surface area contributed by atoms with Crippen LogP contribution in [0.25, 0.3) is 6.08 Å². The van der Waals surface area contributed by atoms with Gasteiger partial charge in [0.05, 0.1) is 10.6 Å². The molecular formula is C23H14BrClINO3. The van der Waals surface area contributed by atoms with Gasteiger partial charge < -0.3 is 9.47 Å². The lowest BCUT2D eigenvalue weighted by Gasteiger charge is -2.07. The quantitative estimate of drug-likeness (QED) is 0.189. The minimum absolute atomic E-state index is 0.205. The molecule has 0 aliphatic carbocycles. The van der Waals surface area contributed by atoms with Gasteiger partial charge in [0.25, 0.3) is 0 Å². The van der Waals surface area contributed by atoms with E-state index in [1.165, 1.54) is 0 Å². The average Bonchev–Trinajstić information content (AvgIpc) is 3.09. The monoisotopic (exact) mass is 593 g/mol. The van der Waals surface area contributed by atoms with Crippen molar-refractivity contribution >= 4 is 68.1 Å². The van der Waals surface area contributed by atoms with Crippen LogP contribution in [0.15, 0.2) is 81.9 Å². The number of benzene rings is 3. The summed E-state index contributed by atoms with van der Waals surface area (Å²) in [5, 5.41) is 0.478. The Balaban J connectivity index is 1.54. The average molecular weight is 595 g/mol. The maximum absolute atomic E-state index is 12.3. The first-order valence-corrected chi connectivity index (χ1v) is 11.2. The van der Waals surface area contributed by atoms with E-state index < -0.39 is 5.97 Å². The van der Waals surface area contributed by atoms with Crippen molar-refractivity contribution < 1.29 is 14.3 Å². The molecule has 0 amide bonds. The highest BCUT2D eigenvalue weighted by molar-refractivity contribution is 14.1.